The van der Waals surface area contributed by atoms with Crippen LogP contribution in [0, 0.1) is 22.7 Å². The van der Waals surface area contributed by atoms with Crippen LogP contribution >= 0.6 is 0 Å². The number of hydrogen-bond acceptors (Lipinski definition) is 3. The minimum absolute atomic E-state index is 0.198. The Labute approximate surface area is 111 Å². The number of nitrogens with zero attached hydrogens (tertiary/aromatic N) is 4. The van der Waals surface area contributed by atoms with Gasteiger partial charge in [0.05, 0.1) is 6.33 Å². The minimum Gasteiger partial charge on any atom is -0.317 e. The van der Waals surface area contributed by atoms with Crippen molar-refractivity contribution in [2.45, 2.75) is 25.8 Å². The molecule has 0 saturated carbocycles. The van der Waals surface area contributed by atoms with Gasteiger partial charge in [-0.3, -0.25) is 0 Å². The molecule has 92 valence electrons. The van der Waals surface area contributed by atoms with E-state index in [1.807, 2.05) is 12.1 Å². The van der Waals surface area contributed by atoms with Gasteiger partial charge in [0.1, 0.15) is 12.1 Å². The molecular formula is C15H12N4. The largest absolute Gasteiger partial charge is 0.317 e. The Morgan fingerprint density at radius 3 is 2.79 bits per heavy atom. The van der Waals surface area contributed by atoms with Gasteiger partial charge in [-0.15, -0.1) is 0 Å². The summed E-state index contributed by atoms with van der Waals surface area (Å²) in [6.07, 6.45) is 5.10. The summed E-state index contributed by atoms with van der Waals surface area (Å²) in [6, 6.07) is 10.5. The molecule has 1 heterocycles. The molecule has 4 nitrogen and oxygen atoms in total. The van der Waals surface area contributed by atoms with Gasteiger partial charge in [0.25, 0.3) is 0 Å². The van der Waals surface area contributed by atoms with Crippen molar-refractivity contribution >= 4 is 0 Å². The van der Waals surface area contributed by atoms with Crippen molar-refractivity contribution in [3.8, 4) is 12.1 Å². The highest BCUT2D eigenvalue weighted by Gasteiger charge is 2.13. The number of benzene rings is 1. The molecule has 0 aliphatic heterocycles. The molecule has 0 spiro atoms. The predicted molar refractivity (Wildman–Crippen MR) is 69.2 cm³/mol. The summed E-state index contributed by atoms with van der Waals surface area (Å²) in [5.74, 6) is 0. The second-order valence-electron chi connectivity index (χ2n) is 4.75. The van der Waals surface area contributed by atoms with Crippen molar-refractivity contribution in [1.82, 2.24) is 9.55 Å². The maximum absolute atomic E-state index is 9.09. The summed E-state index contributed by atoms with van der Waals surface area (Å²) in [6.45, 7) is 0.588. The van der Waals surface area contributed by atoms with Crippen molar-refractivity contribution < 1.29 is 0 Å². The molecule has 3 rings (SSSR count). The van der Waals surface area contributed by atoms with E-state index >= 15 is 0 Å². The molecule has 1 aliphatic carbocycles. The highest BCUT2D eigenvalue weighted by Crippen LogP contribution is 2.23. The molecule has 0 atom stereocenters. The van der Waals surface area contributed by atoms with Crippen molar-refractivity contribution in [2.24, 2.45) is 0 Å². The molecule has 0 bridgehead atoms. The highest BCUT2D eigenvalue weighted by molar-refractivity contribution is 5.38. The number of fused-ring (bicyclic) bond motifs is 1. The number of aryl methyl sites for hydroxylation is 2. The summed E-state index contributed by atoms with van der Waals surface area (Å²) in [7, 11) is 0. The maximum atomic E-state index is 9.09. The van der Waals surface area contributed by atoms with Gasteiger partial charge in [-0.1, -0.05) is 18.2 Å². The van der Waals surface area contributed by atoms with E-state index in [1.54, 1.807) is 10.9 Å². The molecule has 0 fully saturated rings. The summed E-state index contributed by atoms with van der Waals surface area (Å²) >= 11 is 0. The number of aromatic nitrogens is 2. The fourth-order valence-corrected chi connectivity index (χ4v) is 2.62. The van der Waals surface area contributed by atoms with Gasteiger partial charge in [-0.2, -0.15) is 10.5 Å². The Kier molecular flexibility index (Phi) is 2.78. The van der Waals surface area contributed by atoms with Crippen molar-refractivity contribution in [3.05, 3.63) is 52.6 Å². The van der Waals surface area contributed by atoms with Crippen LogP contribution in [-0.4, -0.2) is 9.55 Å². The van der Waals surface area contributed by atoms with Crippen molar-refractivity contribution in [2.75, 3.05) is 0 Å². The Bertz CT molecular complexity index is 713. The van der Waals surface area contributed by atoms with Crippen LogP contribution in [-0.2, 0) is 19.4 Å². The molecule has 0 amide bonds. The Morgan fingerprint density at radius 2 is 2.00 bits per heavy atom. The summed E-state index contributed by atoms with van der Waals surface area (Å²) in [5.41, 5.74) is 4.54. The number of hydrogen-bond donors (Lipinski definition) is 0. The molecule has 1 aliphatic rings. The Balaban J connectivity index is 1.92. The number of rotatable bonds is 2. The lowest BCUT2D eigenvalue weighted by atomic mass is 10.1. The third kappa shape index (κ3) is 1.98. The quantitative estimate of drug-likeness (QED) is 0.818. The lowest BCUT2D eigenvalue weighted by molar-refractivity contribution is 0.784. The first-order valence-corrected chi connectivity index (χ1v) is 6.28. The fourth-order valence-electron chi connectivity index (χ4n) is 2.62. The summed E-state index contributed by atoms with van der Waals surface area (Å²) in [5, 5.41) is 18.0. The second kappa shape index (κ2) is 4.59. The van der Waals surface area contributed by atoms with Crippen LogP contribution in [0.2, 0.25) is 0 Å². The van der Waals surface area contributed by atoms with Gasteiger partial charge in [-0.25, -0.2) is 4.98 Å². The molecular weight excluding hydrogens is 236 g/mol. The smallest absolute Gasteiger partial charge is 0.176 e. The van der Waals surface area contributed by atoms with Gasteiger partial charge in [-0.05, 0) is 36.0 Å². The lowest BCUT2D eigenvalue weighted by Gasteiger charge is -2.06. The molecule has 0 N–H and O–H groups in total. The zero-order chi connectivity index (χ0) is 13.2. The van der Waals surface area contributed by atoms with E-state index < -0.39 is 0 Å². The van der Waals surface area contributed by atoms with Crippen LogP contribution in [0.15, 0.2) is 24.5 Å². The maximum Gasteiger partial charge on any atom is 0.176 e. The second-order valence-corrected chi connectivity index (χ2v) is 4.75. The van der Waals surface area contributed by atoms with Gasteiger partial charge in [0.15, 0.2) is 11.4 Å². The topological polar surface area (TPSA) is 65.4 Å². The first-order chi connectivity index (χ1) is 9.31. The molecule has 2 aromatic rings. The van der Waals surface area contributed by atoms with Gasteiger partial charge >= 0.3 is 0 Å². The molecule has 0 unspecified atom stereocenters. The van der Waals surface area contributed by atoms with E-state index in [1.165, 1.54) is 24.0 Å². The fraction of sp³-hybridized carbons (Fsp3) is 0.267. The van der Waals surface area contributed by atoms with Crippen LogP contribution in [0.4, 0.5) is 0 Å². The van der Waals surface area contributed by atoms with Crippen LogP contribution in [0.1, 0.15) is 34.5 Å². The molecule has 0 radical (unpaired) electrons. The van der Waals surface area contributed by atoms with Gasteiger partial charge in [0, 0.05) is 6.54 Å². The summed E-state index contributed by atoms with van der Waals surface area (Å²) in [4.78, 5) is 3.95. The van der Waals surface area contributed by atoms with E-state index in [9.17, 15) is 0 Å². The standard InChI is InChI=1S/C15H12N4/c16-7-14-15(8-17)19(10-18-14)9-11-4-5-12-2-1-3-13(12)6-11/h4-6,10H,1-3,9H2. The number of imidazole rings is 1. The predicted octanol–water partition coefficient (Wildman–Crippen LogP) is 2.16. The van der Waals surface area contributed by atoms with Crippen molar-refractivity contribution in [1.29, 1.82) is 10.5 Å². The monoisotopic (exact) mass is 248 g/mol. The molecule has 19 heavy (non-hydrogen) atoms. The van der Waals surface area contributed by atoms with Crippen LogP contribution in [0.3, 0.4) is 0 Å². The Morgan fingerprint density at radius 1 is 1.16 bits per heavy atom. The molecule has 0 saturated heterocycles. The molecule has 1 aromatic carbocycles. The zero-order valence-corrected chi connectivity index (χ0v) is 10.4. The molecule has 1 aromatic heterocycles. The highest BCUT2D eigenvalue weighted by atomic mass is 15.1. The van der Waals surface area contributed by atoms with Gasteiger partial charge in [0.2, 0.25) is 0 Å². The van der Waals surface area contributed by atoms with Crippen LogP contribution < -0.4 is 0 Å². The average Bonchev–Trinajstić information content (AvgIpc) is 3.04. The minimum atomic E-state index is 0.198. The van der Waals surface area contributed by atoms with E-state index in [-0.39, 0.29) is 5.69 Å². The summed E-state index contributed by atoms with van der Waals surface area (Å²) < 4.78 is 1.73. The first kappa shape index (κ1) is 11.5. The Hall–Kier alpha value is -2.59. The van der Waals surface area contributed by atoms with E-state index in [0.717, 1.165) is 12.0 Å². The van der Waals surface area contributed by atoms with E-state index in [0.29, 0.717) is 12.2 Å². The normalized spacial score (nSPS) is 12.7. The average molecular weight is 248 g/mol. The van der Waals surface area contributed by atoms with Crippen molar-refractivity contribution in [3.63, 3.8) is 0 Å². The van der Waals surface area contributed by atoms with E-state index in [2.05, 4.69) is 23.2 Å². The third-order valence-corrected chi connectivity index (χ3v) is 3.57. The van der Waals surface area contributed by atoms with Crippen LogP contribution in [0.25, 0.3) is 0 Å². The number of nitriles is 2. The first-order valence-electron chi connectivity index (χ1n) is 6.28. The van der Waals surface area contributed by atoms with E-state index in [4.69, 9.17) is 10.5 Å². The lowest BCUT2D eigenvalue weighted by Crippen LogP contribution is -2.02. The molecule has 4 heteroatoms. The third-order valence-electron chi connectivity index (χ3n) is 3.57. The SMILES string of the molecule is N#Cc1ncn(Cc2ccc3c(c2)CCC3)c1C#N. The zero-order valence-electron chi connectivity index (χ0n) is 10.4. The van der Waals surface area contributed by atoms with Gasteiger partial charge < -0.3 is 4.57 Å². The van der Waals surface area contributed by atoms with Crippen LogP contribution in [0.5, 0.6) is 0 Å².